The van der Waals surface area contributed by atoms with Crippen LogP contribution in [0.4, 0.5) is 0 Å². The number of rotatable bonds is 3. The number of fused-ring (bicyclic) bond motifs is 3. The lowest BCUT2D eigenvalue weighted by Crippen LogP contribution is -1.95. The molecule has 0 amide bonds. The molecule has 32 heavy (non-hydrogen) atoms. The van der Waals surface area contributed by atoms with Gasteiger partial charge in [-0.2, -0.15) is 0 Å². The number of nitrogens with zero attached hydrogens (tertiary/aromatic N) is 3. The Morgan fingerprint density at radius 2 is 1.34 bits per heavy atom. The Hall–Kier alpha value is -4.31. The first-order valence-corrected chi connectivity index (χ1v) is 10.5. The number of aromatic nitrogens is 3. The van der Waals surface area contributed by atoms with Gasteiger partial charge in [-0.05, 0) is 55.0 Å². The minimum absolute atomic E-state index is 0.737. The molecule has 0 saturated carbocycles. The van der Waals surface area contributed by atoms with Crippen molar-refractivity contribution in [2.75, 3.05) is 0 Å². The summed E-state index contributed by atoms with van der Waals surface area (Å²) in [6.45, 7) is 1.93. The number of hydrogen-bond donors (Lipinski definition) is 0. The normalized spacial score (nSPS) is 11.3. The van der Waals surface area contributed by atoms with E-state index < -0.39 is 0 Å². The highest BCUT2D eigenvalue weighted by Gasteiger charge is 2.11. The Morgan fingerprint density at radius 3 is 2.19 bits per heavy atom. The zero-order chi connectivity index (χ0) is 21.5. The van der Waals surface area contributed by atoms with Gasteiger partial charge in [0, 0.05) is 39.9 Å². The van der Waals surface area contributed by atoms with Crippen LogP contribution in [0.3, 0.4) is 0 Å². The lowest BCUT2D eigenvalue weighted by molar-refractivity contribution is 0.669. The molecule has 0 aliphatic rings. The highest BCUT2D eigenvalue weighted by molar-refractivity contribution is 6.06. The van der Waals surface area contributed by atoms with Crippen molar-refractivity contribution in [2.45, 2.75) is 6.92 Å². The van der Waals surface area contributed by atoms with Crippen molar-refractivity contribution in [3.05, 3.63) is 103 Å². The molecule has 0 saturated heterocycles. The average Bonchev–Trinajstić information content (AvgIpc) is 3.22. The van der Waals surface area contributed by atoms with E-state index in [0.717, 1.165) is 61.4 Å². The Labute approximate surface area is 185 Å². The molecular weight excluding hydrogens is 394 g/mol. The zero-order valence-corrected chi connectivity index (χ0v) is 17.5. The van der Waals surface area contributed by atoms with Crippen LogP contribution in [-0.4, -0.2) is 15.0 Å². The molecule has 4 nitrogen and oxygen atoms in total. The van der Waals surface area contributed by atoms with Crippen molar-refractivity contribution < 1.29 is 4.42 Å². The third-order valence-electron chi connectivity index (χ3n) is 5.66. The van der Waals surface area contributed by atoms with Gasteiger partial charge in [-0.15, -0.1) is 0 Å². The van der Waals surface area contributed by atoms with Crippen LogP contribution in [0.2, 0.25) is 0 Å². The summed E-state index contributed by atoms with van der Waals surface area (Å²) in [4.78, 5) is 13.7. The number of benzene rings is 3. The Bertz CT molecular complexity index is 1590. The van der Waals surface area contributed by atoms with E-state index in [9.17, 15) is 0 Å². The molecule has 3 aromatic heterocycles. The van der Waals surface area contributed by atoms with E-state index in [0.29, 0.717) is 0 Å². The first-order chi connectivity index (χ1) is 15.7. The van der Waals surface area contributed by atoms with Crippen LogP contribution in [0.1, 0.15) is 5.82 Å². The maximum Gasteiger partial charge on any atom is 0.135 e. The lowest BCUT2D eigenvalue weighted by Gasteiger charge is -2.09. The second kappa shape index (κ2) is 7.43. The highest BCUT2D eigenvalue weighted by atomic mass is 16.3. The summed E-state index contributed by atoms with van der Waals surface area (Å²) in [5.74, 6) is 0.737. The summed E-state index contributed by atoms with van der Waals surface area (Å²) in [6.07, 6.45) is 3.66. The van der Waals surface area contributed by atoms with Crippen molar-refractivity contribution >= 4 is 21.9 Å². The molecule has 4 heteroatoms. The Kier molecular flexibility index (Phi) is 4.29. The second-order valence-corrected chi connectivity index (χ2v) is 7.82. The van der Waals surface area contributed by atoms with Gasteiger partial charge in [0.05, 0.1) is 11.4 Å². The first kappa shape index (κ1) is 18.5. The van der Waals surface area contributed by atoms with E-state index in [1.165, 1.54) is 0 Å². The van der Waals surface area contributed by atoms with Crippen LogP contribution in [0, 0.1) is 6.92 Å². The summed E-state index contributed by atoms with van der Waals surface area (Å²) >= 11 is 0. The summed E-state index contributed by atoms with van der Waals surface area (Å²) in [7, 11) is 0. The monoisotopic (exact) mass is 413 g/mol. The molecule has 0 aliphatic heterocycles. The predicted octanol–water partition coefficient (Wildman–Crippen LogP) is 7.08. The van der Waals surface area contributed by atoms with Crippen molar-refractivity contribution in [2.24, 2.45) is 0 Å². The molecule has 152 valence electrons. The molecule has 0 bridgehead atoms. The third kappa shape index (κ3) is 3.22. The first-order valence-electron chi connectivity index (χ1n) is 10.5. The highest BCUT2D eigenvalue weighted by Crippen LogP contribution is 2.33. The van der Waals surface area contributed by atoms with Gasteiger partial charge in [0.25, 0.3) is 0 Å². The van der Waals surface area contributed by atoms with Crippen LogP contribution in [-0.2, 0) is 0 Å². The van der Waals surface area contributed by atoms with E-state index in [4.69, 9.17) is 14.4 Å². The van der Waals surface area contributed by atoms with Crippen LogP contribution >= 0.6 is 0 Å². The fraction of sp³-hybridized carbons (Fsp3) is 0.0357. The van der Waals surface area contributed by atoms with Gasteiger partial charge in [-0.1, -0.05) is 42.5 Å². The van der Waals surface area contributed by atoms with Crippen LogP contribution in [0.5, 0.6) is 0 Å². The summed E-state index contributed by atoms with van der Waals surface area (Å²) in [6, 6.07) is 28.8. The molecule has 6 rings (SSSR count). The quantitative estimate of drug-likeness (QED) is 0.311. The molecule has 3 aromatic carbocycles. The molecule has 0 spiro atoms. The smallest absolute Gasteiger partial charge is 0.135 e. The molecule has 6 aromatic rings. The van der Waals surface area contributed by atoms with Crippen LogP contribution < -0.4 is 0 Å². The van der Waals surface area contributed by atoms with Gasteiger partial charge >= 0.3 is 0 Å². The summed E-state index contributed by atoms with van der Waals surface area (Å²) in [5, 5.41) is 2.20. The van der Waals surface area contributed by atoms with Gasteiger partial charge < -0.3 is 4.42 Å². The van der Waals surface area contributed by atoms with E-state index in [-0.39, 0.29) is 0 Å². The van der Waals surface area contributed by atoms with Gasteiger partial charge in [0.15, 0.2) is 0 Å². The largest absolute Gasteiger partial charge is 0.456 e. The molecule has 0 unspecified atom stereocenters. The minimum Gasteiger partial charge on any atom is -0.456 e. The van der Waals surface area contributed by atoms with E-state index in [1.54, 1.807) is 6.20 Å². The Balaban J connectivity index is 1.46. The maximum absolute atomic E-state index is 5.98. The number of furan rings is 1. The Morgan fingerprint density at radius 1 is 0.594 bits per heavy atom. The van der Waals surface area contributed by atoms with Gasteiger partial charge in [-0.3, -0.25) is 4.98 Å². The van der Waals surface area contributed by atoms with Crippen molar-refractivity contribution in [3.8, 4) is 33.6 Å². The maximum atomic E-state index is 5.98. The number of para-hydroxylation sites is 1. The number of pyridine rings is 1. The van der Waals surface area contributed by atoms with Gasteiger partial charge in [-0.25, -0.2) is 9.97 Å². The van der Waals surface area contributed by atoms with Crippen molar-refractivity contribution in [1.29, 1.82) is 0 Å². The molecule has 3 heterocycles. The molecule has 0 aliphatic carbocycles. The molecule has 0 atom stereocenters. The van der Waals surface area contributed by atoms with Gasteiger partial charge in [0.1, 0.15) is 17.0 Å². The lowest BCUT2D eigenvalue weighted by atomic mass is 10.0. The summed E-state index contributed by atoms with van der Waals surface area (Å²) in [5.41, 5.74) is 7.85. The fourth-order valence-corrected chi connectivity index (χ4v) is 4.14. The predicted molar refractivity (Wildman–Crippen MR) is 128 cm³/mol. The fourth-order valence-electron chi connectivity index (χ4n) is 4.14. The van der Waals surface area contributed by atoms with E-state index in [2.05, 4.69) is 59.6 Å². The number of aryl methyl sites for hydroxylation is 1. The minimum atomic E-state index is 0.737. The molecular formula is C28H19N3O. The van der Waals surface area contributed by atoms with Crippen molar-refractivity contribution in [3.63, 3.8) is 0 Å². The SMILES string of the molecule is Cc1nc(-c2cccc(-c3cccnc3)c2)cc(-c2ccc3oc4ccccc4c3c2)n1. The average molecular weight is 413 g/mol. The standard InChI is InChI=1S/C28H19N3O/c1-18-30-25(20-7-4-6-19(14-20)22-8-5-13-29-17-22)16-26(31-18)21-11-12-28-24(15-21)23-9-2-3-10-27(23)32-28/h2-17H,1H3. The molecule has 0 N–H and O–H groups in total. The van der Waals surface area contributed by atoms with Crippen LogP contribution in [0.25, 0.3) is 55.6 Å². The third-order valence-corrected chi connectivity index (χ3v) is 5.66. The molecule has 0 fully saturated rings. The number of hydrogen-bond acceptors (Lipinski definition) is 4. The second-order valence-electron chi connectivity index (χ2n) is 7.82. The topological polar surface area (TPSA) is 51.8 Å². The van der Waals surface area contributed by atoms with Crippen molar-refractivity contribution in [1.82, 2.24) is 15.0 Å². The van der Waals surface area contributed by atoms with E-state index in [1.807, 2.05) is 43.5 Å². The summed E-state index contributed by atoms with van der Waals surface area (Å²) < 4.78 is 5.98. The van der Waals surface area contributed by atoms with E-state index >= 15 is 0 Å². The molecule has 0 radical (unpaired) electrons. The van der Waals surface area contributed by atoms with Crippen LogP contribution in [0.15, 0.2) is 102 Å². The van der Waals surface area contributed by atoms with Gasteiger partial charge in [0.2, 0.25) is 0 Å². The zero-order valence-electron chi connectivity index (χ0n) is 17.5.